The minimum absolute atomic E-state index is 0.165. The lowest BCUT2D eigenvalue weighted by atomic mass is 10.0. The van der Waals surface area contributed by atoms with Gasteiger partial charge in [0.25, 0.3) is 5.56 Å². The fourth-order valence-corrected chi connectivity index (χ4v) is 3.57. The van der Waals surface area contributed by atoms with Crippen LogP contribution in [0.1, 0.15) is 0 Å². The molecule has 0 unspecified atom stereocenters. The molecule has 3 aromatic carbocycles. The van der Waals surface area contributed by atoms with Crippen molar-refractivity contribution in [2.45, 2.75) is 0 Å². The van der Waals surface area contributed by atoms with E-state index in [1.807, 2.05) is 54.6 Å². The Balaban J connectivity index is 1.78. The maximum atomic E-state index is 12.2. The van der Waals surface area contributed by atoms with Crippen LogP contribution in [0.15, 0.2) is 83.7 Å². The molecule has 0 saturated carbocycles. The van der Waals surface area contributed by atoms with Gasteiger partial charge in [-0.15, -0.1) is 11.3 Å². The zero-order valence-electron chi connectivity index (χ0n) is 12.3. The van der Waals surface area contributed by atoms with Crippen molar-refractivity contribution in [1.82, 2.24) is 4.98 Å². The number of nitrogens with zero attached hydrogens (tertiary/aromatic N) is 1. The Bertz CT molecular complexity index is 1020. The minimum Gasteiger partial charge on any atom is -0.267 e. The monoisotopic (exact) mass is 315 g/mol. The van der Waals surface area contributed by atoms with Crippen molar-refractivity contribution >= 4 is 21.4 Å². The summed E-state index contributed by atoms with van der Waals surface area (Å²) in [5.74, 6) is 0. The molecule has 23 heavy (non-hydrogen) atoms. The van der Waals surface area contributed by atoms with E-state index < -0.39 is 0 Å². The molecule has 4 aromatic rings. The van der Waals surface area contributed by atoms with E-state index in [0.29, 0.717) is 5.39 Å². The van der Waals surface area contributed by atoms with Gasteiger partial charge in [-0.1, -0.05) is 66.7 Å². The second-order valence-electron chi connectivity index (χ2n) is 5.26. The lowest BCUT2D eigenvalue weighted by Gasteiger charge is -2.04. The Morgan fingerprint density at radius 3 is 2.04 bits per heavy atom. The van der Waals surface area contributed by atoms with Crippen LogP contribution in [0.25, 0.3) is 31.8 Å². The van der Waals surface area contributed by atoms with Gasteiger partial charge < -0.3 is 0 Å². The molecule has 0 aliphatic rings. The van der Waals surface area contributed by atoms with Crippen molar-refractivity contribution in [2.24, 2.45) is 0 Å². The van der Waals surface area contributed by atoms with E-state index >= 15 is 0 Å². The Morgan fingerprint density at radius 1 is 0.652 bits per heavy atom. The molecule has 0 radical (unpaired) electrons. The van der Waals surface area contributed by atoms with Crippen LogP contribution in [0.4, 0.5) is 0 Å². The fourth-order valence-electron chi connectivity index (χ4n) is 2.57. The van der Waals surface area contributed by atoms with Crippen LogP contribution in [-0.2, 0) is 0 Å². The lowest BCUT2D eigenvalue weighted by molar-refractivity contribution is 1.31. The summed E-state index contributed by atoms with van der Waals surface area (Å²) >= 11 is 1.54. The molecule has 110 valence electrons. The highest BCUT2D eigenvalue weighted by atomic mass is 32.1. The SMILES string of the molecule is O=c1nc(-c2ccc(-c3ccccc3)cc2)sc2ccccc12. The van der Waals surface area contributed by atoms with Crippen LogP contribution in [0.3, 0.4) is 0 Å². The summed E-state index contributed by atoms with van der Waals surface area (Å²) < 4.78 is 0.967. The van der Waals surface area contributed by atoms with E-state index in [4.69, 9.17) is 0 Å². The third-order valence-electron chi connectivity index (χ3n) is 3.77. The highest BCUT2D eigenvalue weighted by molar-refractivity contribution is 7.21. The molecule has 0 aliphatic heterocycles. The minimum atomic E-state index is -0.165. The highest BCUT2D eigenvalue weighted by Crippen LogP contribution is 2.28. The zero-order chi connectivity index (χ0) is 15.6. The van der Waals surface area contributed by atoms with E-state index in [2.05, 4.69) is 29.2 Å². The molecule has 4 rings (SSSR count). The van der Waals surface area contributed by atoms with Gasteiger partial charge in [0.2, 0.25) is 0 Å². The van der Waals surface area contributed by atoms with Crippen LogP contribution in [-0.4, -0.2) is 4.98 Å². The van der Waals surface area contributed by atoms with Gasteiger partial charge in [-0.2, -0.15) is 4.98 Å². The first-order valence-corrected chi connectivity index (χ1v) is 8.19. The smallest absolute Gasteiger partial charge is 0.267 e. The molecule has 0 atom stereocenters. The van der Waals surface area contributed by atoms with Crippen LogP contribution in [0.5, 0.6) is 0 Å². The molecule has 0 saturated heterocycles. The lowest BCUT2D eigenvalue weighted by Crippen LogP contribution is -2.05. The highest BCUT2D eigenvalue weighted by Gasteiger charge is 2.06. The molecule has 1 heterocycles. The molecule has 0 bridgehead atoms. The predicted molar refractivity (Wildman–Crippen MR) is 96.8 cm³/mol. The average Bonchev–Trinajstić information content (AvgIpc) is 2.63. The molecule has 1 aromatic heterocycles. The first-order valence-electron chi connectivity index (χ1n) is 7.37. The van der Waals surface area contributed by atoms with Crippen molar-refractivity contribution in [3.63, 3.8) is 0 Å². The van der Waals surface area contributed by atoms with Crippen molar-refractivity contribution in [1.29, 1.82) is 0 Å². The van der Waals surface area contributed by atoms with Gasteiger partial charge in [-0.25, -0.2) is 0 Å². The van der Waals surface area contributed by atoms with E-state index in [-0.39, 0.29) is 5.56 Å². The van der Waals surface area contributed by atoms with Gasteiger partial charge in [0.1, 0.15) is 5.01 Å². The molecule has 0 amide bonds. The van der Waals surface area contributed by atoms with E-state index in [1.165, 1.54) is 5.56 Å². The summed E-state index contributed by atoms with van der Waals surface area (Å²) in [6, 6.07) is 26.0. The number of aromatic nitrogens is 1. The van der Waals surface area contributed by atoms with Gasteiger partial charge in [-0.05, 0) is 23.3 Å². The predicted octanol–water partition coefficient (Wildman–Crippen LogP) is 4.99. The standard InChI is InChI=1S/C20H13NOS/c22-19-17-8-4-5-9-18(17)23-20(21-19)16-12-10-15(11-13-16)14-6-2-1-3-7-14/h1-13H. The Hall–Kier alpha value is -2.78. The zero-order valence-corrected chi connectivity index (χ0v) is 13.1. The first-order chi connectivity index (χ1) is 11.3. The van der Waals surface area contributed by atoms with Crippen LogP contribution >= 0.6 is 11.3 Å². The summed E-state index contributed by atoms with van der Waals surface area (Å²) in [5, 5.41) is 1.44. The van der Waals surface area contributed by atoms with Crippen LogP contribution in [0, 0.1) is 0 Å². The second-order valence-corrected chi connectivity index (χ2v) is 6.29. The van der Waals surface area contributed by atoms with Crippen molar-refractivity contribution in [3.8, 4) is 21.7 Å². The molecule has 3 heteroatoms. The molecule has 2 nitrogen and oxygen atoms in total. The maximum absolute atomic E-state index is 12.2. The molecule has 0 aliphatic carbocycles. The third-order valence-corrected chi connectivity index (χ3v) is 4.86. The summed E-state index contributed by atoms with van der Waals surface area (Å²) in [7, 11) is 0. The Morgan fingerprint density at radius 2 is 1.26 bits per heavy atom. The fraction of sp³-hybridized carbons (Fsp3) is 0. The van der Waals surface area contributed by atoms with Crippen molar-refractivity contribution in [3.05, 3.63) is 89.2 Å². The van der Waals surface area contributed by atoms with Gasteiger partial charge >= 0.3 is 0 Å². The van der Waals surface area contributed by atoms with Gasteiger partial charge in [0, 0.05) is 10.3 Å². The van der Waals surface area contributed by atoms with Gasteiger partial charge in [0.15, 0.2) is 0 Å². The number of hydrogen-bond acceptors (Lipinski definition) is 3. The quantitative estimate of drug-likeness (QED) is 0.521. The first kappa shape index (κ1) is 13.9. The topological polar surface area (TPSA) is 30.0 Å². The van der Waals surface area contributed by atoms with Crippen molar-refractivity contribution < 1.29 is 0 Å². The molecule has 0 N–H and O–H groups in total. The summed E-state index contributed by atoms with van der Waals surface area (Å²) in [6.07, 6.45) is 0. The normalized spacial score (nSPS) is 10.8. The number of fused-ring (bicyclic) bond motifs is 1. The number of rotatable bonds is 2. The largest absolute Gasteiger partial charge is 0.279 e. The summed E-state index contributed by atoms with van der Waals surface area (Å²) in [6.45, 7) is 0. The van der Waals surface area contributed by atoms with E-state index in [0.717, 1.165) is 20.8 Å². The number of benzene rings is 3. The van der Waals surface area contributed by atoms with Crippen molar-refractivity contribution in [2.75, 3.05) is 0 Å². The van der Waals surface area contributed by atoms with Gasteiger partial charge in [0.05, 0.1) is 5.39 Å². The maximum Gasteiger partial charge on any atom is 0.279 e. The Kier molecular flexibility index (Phi) is 3.48. The van der Waals surface area contributed by atoms with E-state index in [9.17, 15) is 4.79 Å². The second kappa shape index (κ2) is 5.78. The van der Waals surface area contributed by atoms with Gasteiger partial charge in [-0.3, -0.25) is 4.79 Å². The third kappa shape index (κ3) is 2.67. The van der Waals surface area contributed by atoms with Crippen LogP contribution in [0.2, 0.25) is 0 Å². The number of hydrogen-bond donors (Lipinski definition) is 0. The molecule has 0 spiro atoms. The summed E-state index contributed by atoms with van der Waals surface area (Å²) in [4.78, 5) is 16.4. The summed E-state index contributed by atoms with van der Waals surface area (Å²) in [5.41, 5.74) is 3.14. The average molecular weight is 315 g/mol. The molecule has 0 fully saturated rings. The molecular formula is C20H13NOS. The van der Waals surface area contributed by atoms with E-state index in [1.54, 1.807) is 11.3 Å². The molecular weight excluding hydrogens is 302 g/mol. The van der Waals surface area contributed by atoms with Crippen LogP contribution < -0.4 is 5.56 Å². The Labute approximate surface area is 137 Å².